The molecule has 0 amide bonds. The van der Waals surface area contributed by atoms with Gasteiger partial charge in [-0.15, -0.1) is 11.3 Å². The van der Waals surface area contributed by atoms with Crippen molar-refractivity contribution in [3.8, 4) is 0 Å². The zero-order chi connectivity index (χ0) is 21.4. The highest BCUT2D eigenvalue weighted by molar-refractivity contribution is 9.10. The van der Waals surface area contributed by atoms with E-state index in [-0.39, 0.29) is 23.3 Å². The van der Waals surface area contributed by atoms with Crippen molar-refractivity contribution >= 4 is 39.0 Å². The number of hydrogen-bond donors (Lipinski definition) is 1. The van der Waals surface area contributed by atoms with Crippen LogP contribution in [-0.4, -0.2) is 23.0 Å². The minimum absolute atomic E-state index is 0.152. The number of Topliss-reactive ketones (excluding diaryl/α,β-unsaturated/α-hetero) is 1. The first-order chi connectivity index (χ1) is 14.4. The van der Waals surface area contributed by atoms with E-state index in [4.69, 9.17) is 4.74 Å². The van der Waals surface area contributed by atoms with Crippen LogP contribution in [0.3, 0.4) is 0 Å². The highest BCUT2D eigenvalue weighted by Gasteiger charge is 2.47. The molecule has 1 aromatic carbocycles. The molecule has 2 aliphatic rings. The van der Waals surface area contributed by atoms with Gasteiger partial charge < -0.3 is 9.84 Å². The van der Waals surface area contributed by atoms with Crippen molar-refractivity contribution < 1.29 is 19.4 Å². The summed E-state index contributed by atoms with van der Waals surface area (Å²) in [7, 11) is 0. The van der Waals surface area contributed by atoms with Crippen LogP contribution in [0.25, 0.3) is 0 Å². The quantitative estimate of drug-likeness (QED) is 0.493. The van der Waals surface area contributed by atoms with Crippen molar-refractivity contribution in [1.82, 2.24) is 0 Å². The predicted molar refractivity (Wildman–Crippen MR) is 121 cm³/mol. The van der Waals surface area contributed by atoms with Gasteiger partial charge in [0.2, 0.25) is 5.78 Å². The zero-order valence-corrected chi connectivity index (χ0v) is 19.5. The Labute approximate surface area is 189 Å². The van der Waals surface area contributed by atoms with Crippen molar-refractivity contribution in [3.63, 3.8) is 0 Å². The van der Waals surface area contributed by atoms with Gasteiger partial charge in [0, 0.05) is 26.1 Å². The number of aliphatic hydroxyl groups excluding tert-OH is 1. The number of esters is 1. The molecule has 1 fully saturated rings. The van der Waals surface area contributed by atoms with E-state index in [0.29, 0.717) is 12.8 Å². The van der Waals surface area contributed by atoms with E-state index in [2.05, 4.69) is 15.9 Å². The molecule has 2 heterocycles. The number of aryl methyl sites for hydroxylation is 1. The maximum absolute atomic E-state index is 13.1. The molecule has 0 saturated heterocycles. The summed E-state index contributed by atoms with van der Waals surface area (Å²) in [6, 6.07) is 11.9. The van der Waals surface area contributed by atoms with Gasteiger partial charge in [0.1, 0.15) is 0 Å². The first-order valence-electron chi connectivity index (χ1n) is 10.4. The second-order valence-corrected chi connectivity index (χ2v) is 10.5. The summed E-state index contributed by atoms with van der Waals surface area (Å²) in [5.41, 5.74) is 1.21. The van der Waals surface area contributed by atoms with Gasteiger partial charge in [-0.25, -0.2) is 4.79 Å². The molecule has 1 aliphatic carbocycles. The third-order valence-corrected chi connectivity index (χ3v) is 7.65. The largest absolute Gasteiger partial charge is 0.504 e. The van der Waals surface area contributed by atoms with E-state index < -0.39 is 23.6 Å². The first-order valence-corrected chi connectivity index (χ1v) is 12.0. The summed E-state index contributed by atoms with van der Waals surface area (Å²) in [5, 5.41) is 10.9. The molecule has 30 heavy (non-hydrogen) atoms. The van der Waals surface area contributed by atoms with Crippen molar-refractivity contribution in [3.05, 3.63) is 67.5 Å². The molecule has 0 bridgehead atoms. The maximum Gasteiger partial charge on any atom is 0.339 e. The van der Waals surface area contributed by atoms with Gasteiger partial charge in [-0.2, -0.15) is 0 Å². The average Bonchev–Trinajstić information content (AvgIpc) is 3.47. The van der Waals surface area contributed by atoms with E-state index >= 15 is 0 Å². The minimum Gasteiger partial charge on any atom is -0.504 e. The van der Waals surface area contributed by atoms with Crippen molar-refractivity contribution in [1.29, 1.82) is 0 Å². The normalized spacial score (nSPS) is 21.5. The summed E-state index contributed by atoms with van der Waals surface area (Å²) in [5.74, 6) is -1.57. The average molecular weight is 489 g/mol. The van der Waals surface area contributed by atoms with Crippen LogP contribution in [0.15, 0.2) is 52.2 Å². The summed E-state index contributed by atoms with van der Waals surface area (Å²) < 4.78 is 6.69. The van der Waals surface area contributed by atoms with E-state index in [1.807, 2.05) is 50.2 Å². The van der Waals surface area contributed by atoms with Crippen molar-refractivity contribution in [2.45, 2.75) is 51.6 Å². The van der Waals surface area contributed by atoms with Gasteiger partial charge in [-0.3, -0.25) is 4.79 Å². The van der Waals surface area contributed by atoms with Gasteiger partial charge >= 0.3 is 5.97 Å². The molecule has 1 aliphatic heterocycles. The predicted octanol–water partition coefficient (Wildman–Crippen LogP) is 5.89. The molecule has 1 N–H and O–H groups in total. The summed E-state index contributed by atoms with van der Waals surface area (Å²) in [6.07, 6.45) is 2.31. The molecule has 0 spiro atoms. The van der Waals surface area contributed by atoms with Crippen LogP contribution in [0.2, 0.25) is 0 Å². The van der Waals surface area contributed by atoms with E-state index in [1.165, 1.54) is 0 Å². The molecule has 0 radical (unpaired) electrons. The Bertz CT molecular complexity index is 987. The number of benzene rings is 1. The number of rotatable bonds is 7. The lowest BCUT2D eigenvalue weighted by Crippen LogP contribution is -2.42. The number of ketones is 1. The SMILES string of the molecule is CCC(Cc1ccc(Br)cc1)C1OC(=O)C(C(c2ccc(C)s2)C2CC2)=C(O)C1=O. The number of cyclic esters (lactones) is 1. The van der Waals surface area contributed by atoms with E-state index in [1.54, 1.807) is 11.3 Å². The number of thiophene rings is 1. The number of carbonyl (C=O) groups is 2. The Hall–Kier alpha value is -1.92. The fourth-order valence-corrected chi connectivity index (χ4v) is 5.58. The first kappa shape index (κ1) is 21.3. The van der Waals surface area contributed by atoms with Crippen molar-refractivity contribution in [2.24, 2.45) is 11.8 Å². The summed E-state index contributed by atoms with van der Waals surface area (Å²) >= 11 is 5.04. The van der Waals surface area contributed by atoms with Gasteiger partial charge in [-0.1, -0.05) is 35.0 Å². The number of hydrogen-bond acceptors (Lipinski definition) is 5. The van der Waals surface area contributed by atoms with E-state index in [0.717, 1.165) is 32.6 Å². The van der Waals surface area contributed by atoms with Crippen LogP contribution in [0.1, 0.15) is 47.4 Å². The highest BCUT2D eigenvalue weighted by Crippen LogP contribution is 2.50. The molecule has 1 saturated carbocycles. The van der Waals surface area contributed by atoms with Gasteiger partial charge in [0.05, 0.1) is 5.57 Å². The maximum atomic E-state index is 13.1. The van der Waals surface area contributed by atoms with Gasteiger partial charge in [0.25, 0.3) is 0 Å². The molecule has 4 rings (SSSR count). The molecule has 6 heteroatoms. The lowest BCUT2D eigenvalue weighted by Gasteiger charge is -2.31. The number of ether oxygens (including phenoxy) is 1. The molecule has 3 atom stereocenters. The Morgan fingerprint density at radius 2 is 1.87 bits per heavy atom. The van der Waals surface area contributed by atoms with Crippen LogP contribution in [-0.2, 0) is 20.7 Å². The Morgan fingerprint density at radius 1 is 1.17 bits per heavy atom. The Kier molecular flexibility index (Phi) is 6.16. The van der Waals surface area contributed by atoms with Gasteiger partial charge in [-0.05, 0) is 68.4 Å². The van der Waals surface area contributed by atoms with Crippen LogP contribution < -0.4 is 0 Å². The summed E-state index contributed by atoms with van der Waals surface area (Å²) in [4.78, 5) is 28.3. The zero-order valence-electron chi connectivity index (χ0n) is 17.1. The third kappa shape index (κ3) is 4.26. The van der Waals surface area contributed by atoms with Gasteiger partial charge in [0.15, 0.2) is 11.9 Å². The molecule has 4 nitrogen and oxygen atoms in total. The lowest BCUT2D eigenvalue weighted by atomic mass is 9.83. The fourth-order valence-electron chi connectivity index (χ4n) is 4.23. The lowest BCUT2D eigenvalue weighted by molar-refractivity contribution is -0.158. The third-order valence-electron chi connectivity index (χ3n) is 6.04. The molecular formula is C24H25BrO4S. The Balaban J connectivity index is 1.62. The smallest absolute Gasteiger partial charge is 0.339 e. The molecule has 1 aromatic heterocycles. The van der Waals surface area contributed by atoms with E-state index in [9.17, 15) is 14.7 Å². The minimum atomic E-state index is -0.945. The summed E-state index contributed by atoms with van der Waals surface area (Å²) in [6.45, 7) is 3.99. The van der Waals surface area contributed by atoms with Crippen LogP contribution >= 0.6 is 27.3 Å². The highest BCUT2D eigenvalue weighted by atomic mass is 79.9. The molecule has 158 valence electrons. The molecule has 2 aromatic rings. The monoisotopic (exact) mass is 488 g/mol. The van der Waals surface area contributed by atoms with Crippen LogP contribution in [0, 0.1) is 18.8 Å². The fraction of sp³-hybridized carbons (Fsp3) is 0.417. The number of aliphatic hydroxyl groups is 1. The second-order valence-electron chi connectivity index (χ2n) is 8.21. The van der Waals surface area contributed by atoms with Crippen molar-refractivity contribution in [2.75, 3.05) is 0 Å². The molecule has 3 unspecified atom stereocenters. The number of halogens is 1. The molecular weight excluding hydrogens is 464 g/mol. The van der Waals surface area contributed by atoms with Crippen LogP contribution in [0.5, 0.6) is 0 Å². The standard InChI is InChI=1S/C24H25BrO4S/c1-3-15(12-14-5-9-17(25)10-6-14)23-22(27)21(26)20(24(28)29-23)19(16-7-8-16)18-11-4-13(2)30-18/h4-6,9-11,15-16,19,23,26H,3,7-8,12H2,1-2H3. The Morgan fingerprint density at radius 3 is 2.43 bits per heavy atom. The van der Waals surface area contributed by atoms with Crippen LogP contribution in [0.4, 0.5) is 0 Å². The topological polar surface area (TPSA) is 63.6 Å². The number of carbonyl (C=O) groups excluding carboxylic acids is 2. The second kappa shape index (κ2) is 8.67.